The van der Waals surface area contributed by atoms with Crippen LogP contribution in [0.2, 0.25) is 0 Å². The van der Waals surface area contributed by atoms with Gasteiger partial charge in [0.1, 0.15) is 0 Å². The van der Waals surface area contributed by atoms with Crippen LogP contribution in [0.4, 0.5) is 5.95 Å². The summed E-state index contributed by atoms with van der Waals surface area (Å²) in [6, 6.07) is 5.84. The van der Waals surface area contributed by atoms with Crippen molar-refractivity contribution < 1.29 is 0 Å². The number of nitrogens with one attached hydrogen (secondary N) is 1. The molecule has 0 aromatic carbocycles. The minimum atomic E-state index is 0.0325. The second-order valence-corrected chi connectivity index (χ2v) is 5.63. The van der Waals surface area contributed by atoms with Crippen LogP contribution in [0.15, 0.2) is 36.8 Å². The molecule has 1 aliphatic heterocycles. The summed E-state index contributed by atoms with van der Waals surface area (Å²) in [6.07, 6.45) is 5.48. The molecule has 0 bridgehead atoms. The highest BCUT2D eigenvalue weighted by Crippen LogP contribution is 2.23. The van der Waals surface area contributed by atoms with Crippen LogP contribution in [0.3, 0.4) is 0 Å². The van der Waals surface area contributed by atoms with Crippen LogP contribution in [0.25, 0.3) is 11.3 Å². The van der Waals surface area contributed by atoms with Gasteiger partial charge in [-0.15, -0.1) is 0 Å². The van der Waals surface area contributed by atoms with Crippen molar-refractivity contribution in [3.63, 3.8) is 0 Å². The summed E-state index contributed by atoms with van der Waals surface area (Å²) in [5, 5.41) is 3.40. The zero-order chi connectivity index (χ0) is 14.0. The molecule has 20 heavy (non-hydrogen) atoms. The molecule has 104 valence electrons. The quantitative estimate of drug-likeness (QED) is 0.899. The van der Waals surface area contributed by atoms with Gasteiger partial charge in [-0.3, -0.25) is 4.98 Å². The van der Waals surface area contributed by atoms with Gasteiger partial charge in [0.2, 0.25) is 5.95 Å². The minimum absolute atomic E-state index is 0.0325. The monoisotopic (exact) mass is 269 g/mol. The smallest absolute Gasteiger partial charge is 0.225 e. The van der Waals surface area contributed by atoms with Crippen molar-refractivity contribution in [2.45, 2.75) is 19.4 Å². The van der Waals surface area contributed by atoms with E-state index in [4.69, 9.17) is 0 Å². The Balaban J connectivity index is 1.86. The van der Waals surface area contributed by atoms with Gasteiger partial charge in [0.25, 0.3) is 0 Å². The standard InChI is InChI=1S/C15H19N5/c1-15(2)11-16-7-8-20(15)14-18-9-12(10-19-14)13-5-3-4-6-17-13/h3-6,9-10,16H,7-8,11H2,1-2H3. The van der Waals surface area contributed by atoms with Crippen molar-refractivity contribution in [3.05, 3.63) is 36.8 Å². The van der Waals surface area contributed by atoms with E-state index in [9.17, 15) is 0 Å². The second kappa shape index (κ2) is 5.17. The van der Waals surface area contributed by atoms with Crippen molar-refractivity contribution in [3.8, 4) is 11.3 Å². The van der Waals surface area contributed by atoms with Gasteiger partial charge in [-0.25, -0.2) is 9.97 Å². The number of hydrogen-bond donors (Lipinski definition) is 1. The molecule has 0 unspecified atom stereocenters. The molecular formula is C15H19N5. The van der Waals surface area contributed by atoms with E-state index in [1.54, 1.807) is 6.20 Å². The average Bonchev–Trinajstić information content (AvgIpc) is 2.48. The van der Waals surface area contributed by atoms with Crippen LogP contribution in [0.5, 0.6) is 0 Å². The summed E-state index contributed by atoms with van der Waals surface area (Å²) in [4.78, 5) is 15.6. The summed E-state index contributed by atoms with van der Waals surface area (Å²) in [7, 11) is 0. The number of pyridine rings is 1. The average molecular weight is 269 g/mol. The third kappa shape index (κ3) is 2.49. The molecule has 0 atom stereocenters. The van der Waals surface area contributed by atoms with Crippen LogP contribution in [0, 0.1) is 0 Å². The van der Waals surface area contributed by atoms with Crippen LogP contribution in [0.1, 0.15) is 13.8 Å². The molecule has 1 N–H and O–H groups in total. The van der Waals surface area contributed by atoms with Crippen molar-refractivity contribution >= 4 is 5.95 Å². The molecule has 5 heteroatoms. The normalized spacial score (nSPS) is 18.0. The molecule has 3 rings (SSSR count). The molecule has 1 aliphatic rings. The maximum absolute atomic E-state index is 4.52. The van der Waals surface area contributed by atoms with E-state index in [-0.39, 0.29) is 5.54 Å². The molecule has 2 aromatic heterocycles. The number of nitrogens with zero attached hydrogens (tertiary/aromatic N) is 4. The number of piperazine rings is 1. The first-order chi connectivity index (χ1) is 9.67. The first kappa shape index (κ1) is 13.0. The van der Waals surface area contributed by atoms with Crippen molar-refractivity contribution in [1.82, 2.24) is 20.3 Å². The highest BCUT2D eigenvalue weighted by atomic mass is 15.3. The first-order valence-corrected chi connectivity index (χ1v) is 6.89. The van der Waals surface area contributed by atoms with Gasteiger partial charge in [0, 0.05) is 49.3 Å². The van der Waals surface area contributed by atoms with Crippen LogP contribution in [-0.2, 0) is 0 Å². The van der Waals surface area contributed by atoms with E-state index < -0.39 is 0 Å². The van der Waals surface area contributed by atoms with Crippen LogP contribution >= 0.6 is 0 Å². The summed E-state index contributed by atoms with van der Waals surface area (Å²) in [5.41, 5.74) is 1.88. The Morgan fingerprint density at radius 3 is 2.60 bits per heavy atom. The fourth-order valence-corrected chi connectivity index (χ4v) is 2.48. The lowest BCUT2D eigenvalue weighted by atomic mass is 10.0. The second-order valence-electron chi connectivity index (χ2n) is 5.63. The predicted molar refractivity (Wildman–Crippen MR) is 79.6 cm³/mol. The molecular weight excluding hydrogens is 250 g/mol. The van der Waals surface area contributed by atoms with Gasteiger partial charge < -0.3 is 10.2 Å². The highest BCUT2D eigenvalue weighted by molar-refractivity contribution is 5.57. The van der Waals surface area contributed by atoms with E-state index in [1.165, 1.54) is 0 Å². The number of aromatic nitrogens is 3. The van der Waals surface area contributed by atoms with Gasteiger partial charge in [-0.1, -0.05) is 6.07 Å². The Hall–Kier alpha value is -2.01. The van der Waals surface area contributed by atoms with Gasteiger partial charge >= 0.3 is 0 Å². The number of rotatable bonds is 2. The maximum atomic E-state index is 4.52. The van der Waals surface area contributed by atoms with E-state index in [0.29, 0.717) is 0 Å². The Kier molecular flexibility index (Phi) is 3.36. The summed E-state index contributed by atoms with van der Waals surface area (Å²) in [5.74, 6) is 0.788. The van der Waals surface area contributed by atoms with Crippen LogP contribution in [-0.4, -0.2) is 40.1 Å². The Bertz CT molecular complexity index is 565. The lowest BCUT2D eigenvalue weighted by Gasteiger charge is -2.42. The lowest BCUT2D eigenvalue weighted by Crippen LogP contribution is -2.58. The molecule has 1 saturated heterocycles. The largest absolute Gasteiger partial charge is 0.333 e. The van der Waals surface area contributed by atoms with E-state index in [0.717, 1.165) is 36.8 Å². The Morgan fingerprint density at radius 2 is 1.95 bits per heavy atom. The molecule has 0 aliphatic carbocycles. The predicted octanol–water partition coefficient (Wildman–Crippen LogP) is 1.73. The molecule has 5 nitrogen and oxygen atoms in total. The number of anilines is 1. The fraction of sp³-hybridized carbons (Fsp3) is 0.400. The van der Waals surface area contributed by atoms with E-state index in [1.807, 2.05) is 30.6 Å². The topological polar surface area (TPSA) is 53.9 Å². The lowest BCUT2D eigenvalue weighted by molar-refractivity contribution is 0.375. The van der Waals surface area contributed by atoms with Gasteiger partial charge in [-0.2, -0.15) is 0 Å². The highest BCUT2D eigenvalue weighted by Gasteiger charge is 2.31. The van der Waals surface area contributed by atoms with Crippen molar-refractivity contribution in [1.29, 1.82) is 0 Å². The first-order valence-electron chi connectivity index (χ1n) is 6.89. The molecule has 2 aromatic rings. The van der Waals surface area contributed by atoms with Crippen molar-refractivity contribution in [2.24, 2.45) is 0 Å². The van der Waals surface area contributed by atoms with E-state index in [2.05, 4.69) is 39.0 Å². The minimum Gasteiger partial charge on any atom is -0.333 e. The van der Waals surface area contributed by atoms with Gasteiger partial charge in [0.05, 0.1) is 5.69 Å². The Labute approximate surface area is 119 Å². The number of hydrogen-bond acceptors (Lipinski definition) is 5. The molecule has 1 fully saturated rings. The Morgan fingerprint density at radius 1 is 1.15 bits per heavy atom. The van der Waals surface area contributed by atoms with Crippen LogP contribution < -0.4 is 10.2 Å². The SMILES string of the molecule is CC1(C)CNCCN1c1ncc(-c2ccccn2)cn1. The van der Waals surface area contributed by atoms with Gasteiger partial charge in [-0.05, 0) is 26.0 Å². The zero-order valence-corrected chi connectivity index (χ0v) is 11.9. The van der Waals surface area contributed by atoms with E-state index >= 15 is 0 Å². The third-order valence-electron chi connectivity index (χ3n) is 3.64. The molecule has 3 heterocycles. The third-order valence-corrected chi connectivity index (χ3v) is 3.64. The molecule has 0 radical (unpaired) electrons. The summed E-state index contributed by atoms with van der Waals surface area (Å²) < 4.78 is 0. The summed E-state index contributed by atoms with van der Waals surface area (Å²) >= 11 is 0. The summed E-state index contributed by atoms with van der Waals surface area (Å²) in [6.45, 7) is 7.24. The fourth-order valence-electron chi connectivity index (χ4n) is 2.48. The molecule has 0 saturated carbocycles. The molecule has 0 amide bonds. The van der Waals surface area contributed by atoms with Crippen molar-refractivity contribution in [2.75, 3.05) is 24.5 Å². The zero-order valence-electron chi connectivity index (χ0n) is 11.9. The molecule has 0 spiro atoms. The maximum Gasteiger partial charge on any atom is 0.225 e. The van der Waals surface area contributed by atoms with Gasteiger partial charge in [0.15, 0.2) is 0 Å².